The monoisotopic (exact) mass is 427 g/mol. The summed E-state index contributed by atoms with van der Waals surface area (Å²) in [6.07, 6.45) is 0.894. The second kappa shape index (κ2) is 11.2. The standard InChI is InChI=1S/C23H29N3O3S/c1-17-4-7-20(8-5-17)30-22-9-6-19(16-21(22)25-18(2)27)23(28)24-10-3-11-26-12-14-29-15-13-26/h4-9,16H,3,10-15H2,1-2H3,(H,24,28)(H,25,27). The van der Waals surface area contributed by atoms with E-state index in [4.69, 9.17) is 4.74 Å². The minimum absolute atomic E-state index is 0.129. The number of nitrogens with one attached hydrogen (secondary N) is 2. The number of carbonyl (C=O) groups is 2. The van der Waals surface area contributed by atoms with Gasteiger partial charge in [-0.3, -0.25) is 14.5 Å². The van der Waals surface area contributed by atoms with Crippen LogP contribution >= 0.6 is 11.8 Å². The van der Waals surface area contributed by atoms with Crippen LogP contribution in [0.2, 0.25) is 0 Å². The highest BCUT2D eigenvalue weighted by atomic mass is 32.2. The maximum absolute atomic E-state index is 12.6. The number of hydrogen-bond acceptors (Lipinski definition) is 5. The van der Waals surface area contributed by atoms with Gasteiger partial charge in [0.1, 0.15) is 0 Å². The molecule has 1 fully saturated rings. The predicted octanol–water partition coefficient (Wildman–Crippen LogP) is 3.56. The first kappa shape index (κ1) is 22.3. The second-order valence-electron chi connectivity index (χ2n) is 7.37. The topological polar surface area (TPSA) is 70.7 Å². The molecule has 0 atom stereocenters. The number of morpholine rings is 1. The SMILES string of the molecule is CC(=O)Nc1cc(C(=O)NCCCN2CCOCC2)ccc1Sc1ccc(C)cc1. The molecule has 0 aliphatic carbocycles. The molecule has 1 heterocycles. The molecule has 1 saturated heterocycles. The fourth-order valence-corrected chi connectivity index (χ4v) is 4.09. The molecule has 2 aromatic carbocycles. The third kappa shape index (κ3) is 6.86. The molecule has 0 bridgehead atoms. The molecule has 3 rings (SSSR count). The van der Waals surface area contributed by atoms with Gasteiger partial charge >= 0.3 is 0 Å². The van der Waals surface area contributed by atoms with Crippen LogP contribution in [0.5, 0.6) is 0 Å². The van der Waals surface area contributed by atoms with Gasteiger partial charge in [0, 0.05) is 41.9 Å². The highest BCUT2D eigenvalue weighted by Crippen LogP contribution is 2.34. The molecule has 30 heavy (non-hydrogen) atoms. The summed E-state index contributed by atoms with van der Waals surface area (Å²) in [5.41, 5.74) is 2.38. The molecule has 6 nitrogen and oxygen atoms in total. The van der Waals surface area contributed by atoms with Gasteiger partial charge in [-0.05, 0) is 50.2 Å². The third-order valence-corrected chi connectivity index (χ3v) is 5.93. The second-order valence-corrected chi connectivity index (χ2v) is 8.49. The van der Waals surface area contributed by atoms with Crippen LogP contribution in [0.4, 0.5) is 5.69 Å². The van der Waals surface area contributed by atoms with Gasteiger partial charge in [-0.2, -0.15) is 0 Å². The molecule has 1 aliphatic heterocycles. The lowest BCUT2D eigenvalue weighted by Gasteiger charge is -2.26. The van der Waals surface area contributed by atoms with Crippen LogP contribution in [0.15, 0.2) is 52.3 Å². The number of rotatable bonds is 8. The van der Waals surface area contributed by atoms with Crippen molar-refractivity contribution >= 4 is 29.3 Å². The first-order chi connectivity index (χ1) is 14.5. The van der Waals surface area contributed by atoms with E-state index in [9.17, 15) is 9.59 Å². The molecule has 0 aromatic heterocycles. The summed E-state index contributed by atoms with van der Waals surface area (Å²) < 4.78 is 5.35. The predicted molar refractivity (Wildman–Crippen MR) is 120 cm³/mol. The first-order valence-corrected chi connectivity index (χ1v) is 11.1. The number of carbonyl (C=O) groups excluding carboxylic acids is 2. The maximum Gasteiger partial charge on any atom is 0.251 e. The lowest BCUT2D eigenvalue weighted by atomic mass is 10.2. The van der Waals surface area contributed by atoms with Crippen molar-refractivity contribution in [1.29, 1.82) is 0 Å². The molecular weight excluding hydrogens is 398 g/mol. The van der Waals surface area contributed by atoms with Crippen molar-refractivity contribution in [2.24, 2.45) is 0 Å². The van der Waals surface area contributed by atoms with E-state index in [0.717, 1.165) is 49.1 Å². The van der Waals surface area contributed by atoms with Crippen LogP contribution in [0, 0.1) is 6.92 Å². The zero-order chi connectivity index (χ0) is 21.3. The summed E-state index contributed by atoms with van der Waals surface area (Å²) in [6, 6.07) is 13.6. The molecule has 2 aromatic rings. The van der Waals surface area contributed by atoms with Crippen LogP contribution in [0.3, 0.4) is 0 Å². The summed E-state index contributed by atoms with van der Waals surface area (Å²) in [4.78, 5) is 28.6. The highest BCUT2D eigenvalue weighted by Gasteiger charge is 2.13. The van der Waals surface area contributed by atoms with Crippen molar-refractivity contribution in [3.63, 3.8) is 0 Å². The smallest absolute Gasteiger partial charge is 0.251 e. The van der Waals surface area contributed by atoms with Crippen LogP contribution < -0.4 is 10.6 Å². The minimum atomic E-state index is -0.163. The van der Waals surface area contributed by atoms with E-state index >= 15 is 0 Å². The summed E-state index contributed by atoms with van der Waals surface area (Å²) in [5, 5.41) is 5.83. The van der Waals surface area contributed by atoms with Crippen molar-refractivity contribution in [1.82, 2.24) is 10.2 Å². The third-order valence-electron chi connectivity index (χ3n) is 4.84. The fraction of sp³-hybridized carbons (Fsp3) is 0.391. The van der Waals surface area contributed by atoms with E-state index < -0.39 is 0 Å². The van der Waals surface area contributed by atoms with Gasteiger partial charge in [0.2, 0.25) is 5.91 Å². The van der Waals surface area contributed by atoms with Gasteiger partial charge in [0.15, 0.2) is 0 Å². The molecule has 0 spiro atoms. The number of nitrogens with zero attached hydrogens (tertiary/aromatic N) is 1. The Hall–Kier alpha value is -2.35. The van der Waals surface area contributed by atoms with Gasteiger partial charge in [0.25, 0.3) is 5.91 Å². The number of amides is 2. The van der Waals surface area contributed by atoms with Crippen LogP contribution in [0.25, 0.3) is 0 Å². The van der Waals surface area contributed by atoms with Crippen molar-refractivity contribution < 1.29 is 14.3 Å². The molecular formula is C23H29N3O3S. The Morgan fingerprint density at radius 3 is 2.53 bits per heavy atom. The Kier molecular flexibility index (Phi) is 8.30. The summed E-state index contributed by atoms with van der Waals surface area (Å²) in [5.74, 6) is -0.292. The van der Waals surface area contributed by atoms with Gasteiger partial charge in [-0.25, -0.2) is 0 Å². The van der Waals surface area contributed by atoms with E-state index in [2.05, 4.69) is 27.7 Å². The Balaban J connectivity index is 1.60. The highest BCUT2D eigenvalue weighted by molar-refractivity contribution is 7.99. The van der Waals surface area contributed by atoms with E-state index in [1.165, 1.54) is 12.5 Å². The Bertz CT molecular complexity index is 864. The van der Waals surface area contributed by atoms with E-state index in [1.807, 2.05) is 25.1 Å². The van der Waals surface area contributed by atoms with E-state index in [-0.39, 0.29) is 11.8 Å². The Morgan fingerprint density at radius 2 is 1.83 bits per heavy atom. The molecule has 160 valence electrons. The maximum atomic E-state index is 12.6. The fourth-order valence-electron chi connectivity index (χ4n) is 3.21. The average molecular weight is 428 g/mol. The number of benzene rings is 2. The normalized spacial score (nSPS) is 14.3. The average Bonchev–Trinajstić information content (AvgIpc) is 2.74. The largest absolute Gasteiger partial charge is 0.379 e. The number of aryl methyl sites for hydroxylation is 1. The molecule has 0 radical (unpaired) electrons. The van der Waals surface area contributed by atoms with Gasteiger partial charge in [0.05, 0.1) is 18.9 Å². The minimum Gasteiger partial charge on any atom is -0.379 e. The van der Waals surface area contributed by atoms with Crippen molar-refractivity contribution in [2.45, 2.75) is 30.1 Å². The van der Waals surface area contributed by atoms with Gasteiger partial charge in [-0.1, -0.05) is 29.5 Å². The zero-order valence-corrected chi connectivity index (χ0v) is 18.4. The quantitative estimate of drug-likeness (QED) is 0.631. The lowest BCUT2D eigenvalue weighted by molar-refractivity contribution is -0.114. The number of anilines is 1. The molecule has 2 amide bonds. The van der Waals surface area contributed by atoms with E-state index in [0.29, 0.717) is 17.8 Å². The summed E-state index contributed by atoms with van der Waals surface area (Å²) >= 11 is 1.56. The molecule has 2 N–H and O–H groups in total. The molecule has 1 aliphatic rings. The summed E-state index contributed by atoms with van der Waals surface area (Å²) in [6.45, 7) is 8.56. The summed E-state index contributed by atoms with van der Waals surface area (Å²) in [7, 11) is 0. The van der Waals surface area contributed by atoms with Crippen molar-refractivity contribution in [2.75, 3.05) is 44.7 Å². The van der Waals surface area contributed by atoms with Crippen LogP contribution in [-0.2, 0) is 9.53 Å². The molecule has 0 saturated carbocycles. The number of ether oxygens (including phenoxy) is 1. The zero-order valence-electron chi connectivity index (χ0n) is 17.6. The Labute approximate surface area is 182 Å². The molecule has 7 heteroatoms. The van der Waals surface area contributed by atoms with Crippen LogP contribution in [-0.4, -0.2) is 56.1 Å². The van der Waals surface area contributed by atoms with E-state index in [1.54, 1.807) is 23.9 Å². The van der Waals surface area contributed by atoms with Crippen molar-refractivity contribution in [3.05, 3.63) is 53.6 Å². The van der Waals surface area contributed by atoms with Crippen molar-refractivity contribution in [3.8, 4) is 0 Å². The first-order valence-electron chi connectivity index (χ1n) is 10.3. The Morgan fingerprint density at radius 1 is 1.10 bits per heavy atom. The molecule has 0 unspecified atom stereocenters. The lowest BCUT2D eigenvalue weighted by Crippen LogP contribution is -2.38. The van der Waals surface area contributed by atoms with Gasteiger partial charge in [-0.15, -0.1) is 0 Å². The number of hydrogen-bond donors (Lipinski definition) is 2. The van der Waals surface area contributed by atoms with Crippen LogP contribution in [0.1, 0.15) is 29.3 Å². The van der Waals surface area contributed by atoms with Gasteiger partial charge < -0.3 is 15.4 Å².